The van der Waals surface area contributed by atoms with Crippen molar-refractivity contribution in [3.8, 4) is 0 Å². The Labute approximate surface area is 230 Å². The first-order valence-electron chi connectivity index (χ1n) is 12.9. The van der Waals surface area contributed by atoms with Crippen molar-refractivity contribution in [3.05, 3.63) is 22.7 Å². The van der Waals surface area contributed by atoms with Gasteiger partial charge in [0.15, 0.2) is 5.75 Å². The molecule has 3 rings (SSSR count). The third kappa shape index (κ3) is 8.10. The topological polar surface area (TPSA) is 126 Å². The molecule has 39 heavy (non-hydrogen) atoms. The quantitative estimate of drug-likeness (QED) is 0.220. The number of aromatic nitrogens is 2. The number of carbonyl (C=O) groups excluding carboxylic acids is 1. The number of hydrogen-bond acceptors (Lipinski definition) is 10. The van der Waals surface area contributed by atoms with E-state index >= 15 is 0 Å². The fourth-order valence-electron chi connectivity index (χ4n) is 4.57. The summed E-state index contributed by atoms with van der Waals surface area (Å²) < 4.78 is 70.9. The molecule has 2 aromatic rings. The van der Waals surface area contributed by atoms with Crippen LogP contribution < -0.4 is 9.62 Å². The second-order valence-corrected chi connectivity index (χ2v) is 11.9. The lowest BCUT2D eigenvalue weighted by molar-refractivity contribution is -0.106. The Balaban J connectivity index is 2.05. The summed E-state index contributed by atoms with van der Waals surface area (Å²) in [6, 6.07) is 3.57. The molecule has 216 valence electrons. The standard InChI is InChI=1S/C24H33F3N6O4S2/c1-5-11-37-22(34)21-29-31-23(38-21)30-28-18-12-15-9-10-17(8-4)33(16(6-2)7-3)20(15)13-19(18)32-39(35,36)14-24(25,26)27/h12-13,16-17,32H,5-11,14H2,1-4H3. The second kappa shape index (κ2) is 13.0. The maximum Gasteiger partial charge on any atom is 0.404 e. The molecule has 1 aliphatic heterocycles. The van der Waals surface area contributed by atoms with Crippen LogP contribution in [-0.2, 0) is 21.2 Å². The van der Waals surface area contributed by atoms with Crippen LogP contribution in [0.1, 0.15) is 75.2 Å². The summed E-state index contributed by atoms with van der Waals surface area (Å²) in [6.45, 7) is 8.28. The average molecular weight is 591 g/mol. The van der Waals surface area contributed by atoms with Gasteiger partial charge >= 0.3 is 12.1 Å². The van der Waals surface area contributed by atoms with Crippen LogP contribution in [0.5, 0.6) is 0 Å². The number of carbonyl (C=O) groups is 1. The van der Waals surface area contributed by atoms with Gasteiger partial charge < -0.3 is 9.64 Å². The lowest BCUT2D eigenvalue weighted by Crippen LogP contribution is -2.45. The summed E-state index contributed by atoms with van der Waals surface area (Å²) >= 11 is 0.827. The molecule has 0 amide bonds. The zero-order valence-corrected chi connectivity index (χ0v) is 23.9. The Morgan fingerprint density at radius 2 is 1.92 bits per heavy atom. The number of alkyl halides is 3. The van der Waals surface area contributed by atoms with Crippen molar-refractivity contribution in [3.63, 3.8) is 0 Å². The number of benzene rings is 1. The molecule has 0 aliphatic carbocycles. The average Bonchev–Trinajstić information content (AvgIpc) is 3.34. The molecule has 0 saturated heterocycles. The van der Waals surface area contributed by atoms with Crippen molar-refractivity contribution in [2.75, 3.05) is 22.0 Å². The van der Waals surface area contributed by atoms with Gasteiger partial charge in [-0.3, -0.25) is 4.72 Å². The predicted octanol–water partition coefficient (Wildman–Crippen LogP) is 6.54. The van der Waals surface area contributed by atoms with Crippen molar-refractivity contribution in [1.82, 2.24) is 10.2 Å². The van der Waals surface area contributed by atoms with Crippen molar-refractivity contribution >= 4 is 49.5 Å². The third-order valence-electron chi connectivity index (χ3n) is 6.31. The molecule has 0 fully saturated rings. The Morgan fingerprint density at radius 1 is 1.21 bits per heavy atom. The highest BCUT2D eigenvalue weighted by Crippen LogP contribution is 2.42. The SMILES string of the molecule is CCCOC(=O)c1nnc(N=Nc2cc3c(cc2NS(=O)(=O)CC(F)(F)F)N(C(CC)CC)C(CC)CC3)s1. The van der Waals surface area contributed by atoms with Crippen molar-refractivity contribution < 1.29 is 31.1 Å². The number of fused-ring (bicyclic) bond motifs is 1. The molecule has 1 atom stereocenters. The van der Waals surface area contributed by atoms with E-state index in [4.69, 9.17) is 4.74 Å². The summed E-state index contributed by atoms with van der Waals surface area (Å²) in [7, 11) is -4.79. The van der Waals surface area contributed by atoms with Gasteiger partial charge in [-0.15, -0.1) is 20.4 Å². The van der Waals surface area contributed by atoms with E-state index in [0.29, 0.717) is 12.8 Å². The van der Waals surface area contributed by atoms with Gasteiger partial charge in [0, 0.05) is 17.8 Å². The van der Waals surface area contributed by atoms with Crippen LogP contribution in [0.15, 0.2) is 22.4 Å². The monoisotopic (exact) mass is 590 g/mol. The number of halogens is 3. The number of aryl methyl sites for hydroxylation is 1. The largest absolute Gasteiger partial charge is 0.460 e. The van der Waals surface area contributed by atoms with E-state index in [1.807, 2.05) is 6.92 Å². The molecule has 0 spiro atoms. The van der Waals surface area contributed by atoms with Gasteiger partial charge in [-0.25, -0.2) is 13.2 Å². The molecule has 1 unspecified atom stereocenters. The van der Waals surface area contributed by atoms with Crippen molar-refractivity contribution in [2.45, 2.75) is 84.5 Å². The van der Waals surface area contributed by atoms with Crippen LogP contribution in [0.25, 0.3) is 0 Å². The van der Waals surface area contributed by atoms with E-state index in [2.05, 4.69) is 50.8 Å². The van der Waals surface area contributed by atoms with Crippen LogP contribution in [0, 0.1) is 0 Å². The number of sulfonamides is 1. The number of nitrogens with zero attached hydrogens (tertiary/aromatic N) is 5. The zero-order chi connectivity index (χ0) is 28.8. The zero-order valence-electron chi connectivity index (χ0n) is 22.3. The molecule has 0 saturated carbocycles. The number of anilines is 2. The molecular formula is C24H33F3N6O4S2. The summed E-state index contributed by atoms with van der Waals surface area (Å²) in [4.78, 5) is 14.3. The number of esters is 1. The lowest BCUT2D eigenvalue weighted by atomic mass is 9.90. The van der Waals surface area contributed by atoms with Gasteiger partial charge in [-0.1, -0.05) is 39.0 Å². The minimum Gasteiger partial charge on any atom is -0.460 e. The summed E-state index contributed by atoms with van der Waals surface area (Å²) in [5.74, 6) is -2.70. The van der Waals surface area contributed by atoms with E-state index in [0.717, 1.165) is 48.3 Å². The fourth-order valence-corrected chi connectivity index (χ4v) is 6.13. The van der Waals surface area contributed by atoms with E-state index in [9.17, 15) is 26.4 Å². The molecule has 0 radical (unpaired) electrons. The highest BCUT2D eigenvalue weighted by Gasteiger charge is 2.36. The Hall–Kier alpha value is -2.81. The first kappa shape index (κ1) is 30.7. The van der Waals surface area contributed by atoms with Gasteiger partial charge in [-0.2, -0.15) is 13.2 Å². The number of nitrogens with one attached hydrogen (secondary N) is 1. The molecule has 1 N–H and O–H groups in total. The Kier molecular flexibility index (Phi) is 10.3. The maximum atomic E-state index is 13.0. The molecule has 2 heterocycles. The lowest BCUT2D eigenvalue weighted by Gasteiger charge is -2.44. The summed E-state index contributed by atoms with van der Waals surface area (Å²) in [5, 5.41) is 15.6. The van der Waals surface area contributed by atoms with Crippen LogP contribution in [0.3, 0.4) is 0 Å². The van der Waals surface area contributed by atoms with Crippen LogP contribution in [0.2, 0.25) is 0 Å². The van der Waals surface area contributed by atoms with Gasteiger partial charge in [-0.05, 0) is 56.2 Å². The van der Waals surface area contributed by atoms with E-state index in [-0.39, 0.29) is 40.2 Å². The normalized spacial score (nSPS) is 16.1. The van der Waals surface area contributed by atoms with E-state index in [1.165, 1.54) is 0 Å². The molecular weight excluding hydrogens is 557 g/mol. The fraction of sp³-hybridized carbons (Fsp3) is 0.625. The molecule has 1 aliphatic rings. The Bertz CT molecular complexity index is 1280. The first-order valence-corrected chi connectivity index (χ1v) is 15.3. The third-order valence-corrected chi connectivity index (χ3v) is 8.34. The van der Waals surface area contributed by atoms with Crippen molar-refractivity contribution in [2.24, 2.45) is 10.2 Å². The van der Waals surface area contributed by atoms with Crippen LogP contribution in [0.4, 0.5) is 35.4 Å². The molecule has 1 aromatic heterocycles. The second-order valence-electron chi connectivity index (χ2n) is 9.18. The molecule has 10 nitrogen and oxygen atoms in total. The number of rotatable bonds is 12. The highest BCUT2D eigenvalue weighted by molar-refractivity contribution is 7.92. The maximum absolute atomic E-state index is 13.0. The predicted molar refractivity (Wildman–Crippen MR) is 144 cm³/mol. The van der Waals surface area contributed by atoms with Gasteiger partial charge in [0.05, 0.1) is 12.3 Å². The minimum absolute atomic E-state index is 0.00460. The van der Waals surface area contributed by atoms with Gasteiger partial charge in [0.1, 0.15) is 5.69 Å². The van der Waals surface area contributed by atoms with Gasteiger partial charge in [0.2, 0.25) is 15.0 Å². The molecule has 1 aromatic carbocycles. The number of azo groups is 1. The van der Waals surface area contributed by atoms with E-state index < -0.39 is 27.9 Å². The molecule has 0 bridgehead atoms. The minimum atomic E-state index is -4.92. The number of ether oxygens (including phenoxy) is 1. The smallest absolute Gasteiger partial charge is 0.404 e. The summed E-state index contributed by atoms with van der Waals surface area (Å²) in [5.41, 5.74) is 1.56. The first-order chi connectivity index (χ1) is 18.4. The highest BCUT2D eigenvalue weighted by atomic mass is 32.2. The number of hydrogen-bond donors (Lipinski definition) is 1. The molecule has 15 heteroatoms. The van der Waals surface area contributed by atoms with Crippen LogP contribution >= 0.6 is 11.3 Å². The van der Waals surface area contributed by atoms with Crippen molar-refractivity contribution in [1.29, 1.82) is 0 Å². The summed E-state index contributed by atoms with van der Waals surface area (Å²) in [6.07, 6.45) is -0.162. The Morgan fingerprint density at radius 3 is 2.54 bits per heavy atom. The van der Waals surface area contributed by atoms with Gasteiger partial charge in [0.25, 0.3) is 5.13 Å². The van der Waals surface area contributed by atoms with E-state index in [1.54, 1.807) is 12.1 Å². The van der Waals surface area contributed by atoms with Crippen LogP contribution in [-0.4, -0.2) is 55.2 Å².